The molecular weight excluding hydrogens is 266 g/mol. The van der Waals surface area contributed by atoms with Gasteiger partial charge in [-0.05, 0) is 36.3 Å². The fourth-order valence-corrected chi connectivity index (χ4v) is 3.02. The summed E-state index contributed by atoms with van der Waals surface area (Å²) in [6.07, 6.45) is 2.31. The topological polar surface area (TPSA) is 66.4 Å². The molecule has 0 saturated heterocycles. The maximum absolute atomic E-state index is 12.3. The van der Waals surface area contributed by atoms with Crippen LogP contribution in [0.1, 0.15) is 43.7 Å². The quantitative estimate of drug-likeness (QED) is 0.846. The van der Waals surface area contributed by atoms with E-state index in [0.717, 1.165) is 18.4 Å². The highest BCUT2D eigenvalue weighted by atomic mass is 16.4. The summed E-state index contributed by atoms with van der Waals surface area (Å²) in [4.78, 5) is 23.5. The number of benzene rings is 1. The molecule has 1 aliphatic carbocycles. The first-order valence-electron chi connectivity index (χ1n) is 7.57. The first-order chi connectivity index (χ1) is 9.99. The van der Waals surface area contributed by atoms with Crippen LogP contribution in [0.2, 0.25) is 0 Å². The highest BCUT2D eigenvalue weighted by molar-refractivity contribution is 5.85. The third-order valence-electron chi connectivity index (χ3n) is 4.08. The molecule has 2 atom stereocenters. The lowest BCUT2D eigenvalue weighted by atomic mass is 9.96. The van der Waals surface area contributed by atoms with Gasteiger partial charge in [-0.3, -0.25) is 9.59 Å². The predicted molar refractivity (Wildman–Crippen MR) is 81.1 cm³/mol. The van der Waals surface area contributed by atoms with Crippen LogP contribution in [0.25, 0.3) is 0 Å². The van der Waals surface area contributed by atoms with Crippen molar-refractivity contribution in [3.63, 3.8) is 0 Å². The van der Waals surface area contributed by atoms with Gasteiger partial charge in [-0.2, -0.15) is 0 Å². The number of hydrogen-bond acceptors (Lipinski definition) is 2. The van der Waals surface area contributed by atoms with Gasteiger partial charge in [0.25, 0.3) is 0 Å². The van der Waals surface area contributed by atoms with Crippen LogP contribution in [0.5, 0.6) is 0 Å². The van der Waals surface area contributed by atoms with Gasteiger partial charge in [0, 0.05) is 6.54 Å². The van der Waals surface area contributed by atoms with Crippen LogP contribution in [-0.2, 0) is 16.0 Å². The minimum Gasteiger partial charge on any atom is -0.481 e. The lowest BCUT2D eigenvalue weighted by molar-refractivity contribution is -0.142. The molecule has 1 amide bonds. The molecule has 1 aromatic carbocycles. The van der Waals surface area contributed by atoms with Gasteiger partial charge in [0.05, 0.1) is 11.8 Å². The Bertz CT molecular complexity index is 525. The molecule has 1 aliphatic rings. The molecule has 1 aromatic rings. The average Bonchev–Trinajstić information content (AvgIpc) is 2.86. The standard InChI is InChI=1S/C17H23NO3/c1-11(2)9-13(17(20)21)10-18-16(19)15-8-7-12-5-3-4-6-14(12)15/h3-6,11,13,15H,7-10H2,1-2H3,(H,18,19)(H,20,21)/t13-,15+/m1/s1. The largest absolute Gasteiger partial charge is 0.481 e. The van der Waals surface area contributed by atoms with Crippen LogP contribution in [-0.4, -0.2) is 23.5 Å². The third kappa shape index (κ3) is 3.84. The van der Waals surface area contributed by atoms with E-state index in [0.29, 0.717) is 12.3 Å². The summed E-state index contributed by atoms with van der Waals surface area (Å²) < 4.78 is 0. The number of carbonyl (C=O) groups excluding carboxylic acids is 1. The van der Waals surface area contributed by atoms with E-state index in [1.54, 1.807) is 0 Å². The van der Waals surface area contributed by atoms with E-state index in [9.17, 15) is 14.7 Å². The molecule has 0 radical (unpaired) electrons. The molecule has 114 valence electrons. The van der Waals surface area contributed by atoms with Crippen molar-refractivity contribution in [2.45, 2.75) is 39.0 Å². The van der Waals surface area contributed by atoms with Crippen LogP contribution in [0.4, 0.5) is 0 Å². The summed E-state index contributed by atoms with van der Waals surface area (Å²) in [5.74, 6) is -1.22. The molecule has 2 N–H and O–H groups in total. The summed E-state index contributed by atoms with van der Waals surface area (Å²) in [5.41, 5.74) is 2.32. The number of rotatable bonds is 6. The molecule has 0 spiro atoms. The highest BCUT2D eigenvalue weighted by Crippen LogP contribution is 2.32. The van der Waals surface area contributed by atoms with E-state index in [1.807, 2.05) is 32.0 Å². The molecule has 2 rings (SSSR count). The Morgan fingerprint density at radius 2 is 2.05 bits per heavy atom. The lowest BCUT2D eigenvalue weighted by Crippen LogP contribution is -2.36. The number of carboxylic acids is 1. The number of nitrogens with one attached hydrogen (secondary N) is 1. The Morgan fingerprint density at radius 1 is 1.33 bits per heavy atom. The maximum atomic E-state index is 12.3. The molecule has 0 aliphatic heterocycles. The average molecular weight is 289 g/mol. The van der Waals surface area contributed by atoms with E-state index < -0.39 is 11.9 Å². The van der Waals surface area contributed by atoms with E-state index >= 15 is 0 Å². The molecular formula is C17H23NO3. The van der Waals surface area contributed by atoms with E-state index in [1.165, 1.54) is 5.56 Å². The summed E-state index contributed by atoms with van der Waals surface area (Å²) in [7, 11) is 0. The normalized spacial score (nSPS) is 18.3. The maximum Gasteiger partial charge on any atom is 0.308 e. The molecule has 21 heavy (non-hydrogen) atoms. The van der Waals surface area contributed by atoms with Crippen molar-refractivity contribution in [1.82, 2.24) is 5.32 Å². The smallest absolute Gasteiger partial charge is 0.308 e. The molecule has 0 unspecified atom stereocenters. The number of hydrogen-bond donors (Lipinski definition) is 2. The van der Waals surface area contributed by atoms with Crippen molar-refractivity contribution in [2.75, 3.05) is 6.54 Å². The van der Waals surface area contributed by atoms with Gasteiger partial charge in [0.15, 0.2) is 0 Å². The third-order valence-corrected chi connectivity index (χ3v) is 4.08. The Morgan fingerprint density at radius 3 is 2.71 bits per heavy atom. The van der Waals surface area contributed by atoms with E-state index in [2.05, 4.69) is 11.4 Å². The first-order valence-corrected chi connectivity index (χ1v) is 7.57. The molecule has 0 aromatic heterocycles. The second-order valence-corrected chi connectivity index (χ2v) is 6.20. The molecule has 4 heteroatoms. The van der Waals surface area contributed by atoms with Crippen LogP contribution in [0.3, 0.4) is 0 Å². The second kappa shape index (κ2) is 6.74. The Balaban J connectivity index is 1.95. The summed E-state index contributed by atoms with van der Waals surface area (Å²) in [6.45, 7) is 4.20. The van der Waals surface area contributed by atoms with Gasteiger partial charge < -0.3 is 10.4 Å². The van der Waals surface area contributed by atoms with Crippen molar-refractivity contribution < 1.29 is 14.7 Å². The van der Waals surface area contributed by atoms with Gasteiger partial charge in [-0.15, -0.1) is 0 Å². The summed E-state index contributed by atoms with van der Waals surface area (Å²) >= 11 is 0. The fraction of sp³-hybridized carbons (Fsp3) is 0.529. The van der Waals surface area contributed by atoms with Crippen molar-refractivity contribution in [1.29, 1.82) is 0 Å². The van der Waals surface area contributed by atoms with Crippen LogP contribution in [0.15, 0.2) is 24.3 Å². The number of carbonyl (C=O) groups is 2. The van der Waals surface area contributed by atoms with Crippen molar-refractivity contribution in [2.24, 2.45) is 11.8 Å². The summed E-state index contributed by atoms with van der Waals surface area (Å²) in [6, 6.07) is 7.99. The van der Waals surface area contributed by atoms with E-state index in [4.69, 9.17) is 0 Å². The zero-order valence-corrected chi connectivity index (χ0v) is 12.6. The van der Waals surface area contributed by atoms with Crippen LogP contribution >= 0.6 is 0 Å². The Hall–Kier alpha value is -1.84. The van der Waals surface area contributed by atoms with Crippen molar-refractivity contribution >= 4 is 11.9 Å². The molecule has 4 nitrogen and oxygen atoms in total. The van der Waals surface area contributed by atoms with E-state index in [-0.39, 0.29) is 18.4 Å². The van der Waals surface area contributed by atoms with Crippen LogP contribution < -0.4 is 5.32 Å². The Labute approximate surface area is 125 Å². The SMILES string of the molecule is CC(C)C[C@H](CNC(=O)[C@H]1CCc2ccccc21)C(=O)O. The Kier molecular flexibility index (Phi) is 4.99. The van der Waals surface area contributed by atoms with Crippen molar-refractivity contribution in [3.05, 3.63) is 35.4 Å². The molecule has 0 saturated carbocycles. The zero-order chi connectivity index (χ0) is 15.4. The number of fused-ring (bicyclic) bond motifs is 1. The molecule has 0 fully saturated rings. The highest BCUT2D eigenvalue weighted by Gasteiger charge is 2.29. The van der Waals surface area contributed by atoms with Gasteiger partial charge >= 0.3 is 5.97 Å². The number of carboxylic acid groups (broad SMARTS) is 1. The fourth-order valence-electron chi connectivity index (χ4n) is 3.02. The minimum absolute atomic E-state index is 0.0463. The molecule has 0 bridgehead atoms. The number of aryl methyl sites for hydroxylation is 1. The summed E-state index contributed by atoms with van der Waals surface area (Å²) in [5, 5.41) is 12.0. The number of amides is 1. The number of aliphatic carboxylic acids is 1. The monoisotopic (exact) mass is 289 g/mol. The predicted octanol–water partition coefficient (Wildman–Crippen LogP) is 2.58. The van der Waals surface area contributed by atoms with Crippen molar-refractivity contribution in [3.8, 4) is 0 Å². The first kappa shape index (κ1) is 15.5. The second-order valence-electron chi connectivity index (χ2n) is 6.20. The van der Waals surface area contributed by atoms with Crippen LogP contribution in [0, 0.1) is 11.8 Å². The van der Waals surface area contributed by atoms with Gasteiger partial charge in [0.1, 0.15) is 0 Å². The minimum atomic E-state index is -0.837. The van der Waals surface area contributed by atoms with Gasteiger partial charge in [-0.25, -0.2) is 0 Å². The lowest BCUT2D eigenvalue weighted by Gasteiger charge is -2.17. The zero-order valence-electron chi connectivity index (χ0n) is 12.6. The van der Waals surface area contributed by atoms with Gasteiger partial charge in [-0.1, -0.05) is 38.1 Å². The van der Waals surface area contributed by atoms with Gasteiger partial charge in [0.2, 0.25) is 5.91 Å². The molecule has 0 heterocycles.